The monoisotopic (exact) mass is 395 g/mol. The summed E-state index contributed by atoms with van der Waals surface area (Å²) in [6.45, 7) is 0.239. The molecule has 0 saturated carbocycles. The summed E-state index contributed by atoms with van der Waals surface area (Å²) in [6, 6.07) is 18.0. The normalized spacial score (nSPS) is 18.8. The number of likely N-dealkylation sites (tertiary alicyclic amines) is 1. The molecule has 2 aromatic carbocycles. The summed E-state index contributed by atoms with van der Waals surface area (Å²) in [5.74, 6) is -2.01. The van der Waals surface area contributed by atoms with Gasteiger partial charge in [0.15, 0.2) is 6.10 Å². The van der Waals surface area contributed by atoms with Gasteiger partial charge in [-0.05, 0) is 11.1 Å². The lowest BCUT2D eigenvalue weighted by Crippen LogP contribution is -2.60. The maximum atomic E-state index is 12.9. The van der Waals surface area contributed by atoms with Crippen molar-refractivity contribution in [3.8, 4) is 0 Å². The number of ether oxygens (including phenoxy) is 3. The summed E-state index contributed by atoms with van der Waals surface area (Å²) < 4.78 is 15.3. The molecule has 0 spiro atoms. The van der Waals surface area contributed by atoms with Crippen molar-refractivity contribution in [1.82, 2.24) is 4.90 Å². The largest absolute Gasteiger partial charge is 0.466 e. The van der Waals surface area contributed by atoms with Crippen molar-refractivity contribution in [2.75, 3.05) is 14.2 Å². The lowest BCUT2D eigenvalue weighted by Gasteiger charge is -2.46. The van der Waals surface area contributed by atoms with E-state index in [4.69, 9.17) is 9.47 Å². The number of β-lactam (4-membered cyclic amide) rings is 1. The Morgan fingerprint density at radius 2 is 1.59 bits per heavy atom. The van der Waals surface area contributed by atoms with Crippen LogP contribution in [0.15, 0.2) is 72.4 Å². The number of esters is 2. The zero-order valence-electron chi connectivity index (χ0n) is 16.1. The van der Waals surface area contributed by atoms with Crippen LogP contribution in [-0.4, -0.2) is 43.1 Å². The number of hydrogen-bond acceptors (Lipinski definition) is 6. The molecule has 2 aromatic rings. The van der Waals surface area contributed by atoms with E-state index in [2.05, 4.69) is 4.74 Å². The Balaban J connectivity index is 1.91. The third-order valence-electron chi connectivity index (χ3n) is 4.57. The number of carbonyl (C=O) groups excluding carboxylic acids is 3. The number of methoxy groups -OCH3 is 2. The molecule has 1 aliphatic rings. The second-order valence-electron chi connectivity index (χ2n) is 6.33. The fraction of sp³-hybridized carbons (Fsp3) is 0.227. The highest BCUT2D eigenvalue weighted by Crippen LogP contribution is 2.40. The van der Waals surface area contributed by atoms with E-state index in [9.17, 15) is 14.4 Å². The van der Waals surface area contributed by atoms with Gasteiger partial charge in [-0.15, -0.1) is 0 Å². The van der Waals surface area contributed by atoms with Gasteiger partial charge in [-0.25, -0.2) is 9.59 Å². The van der Waals surface area contributed by atoms with Crippen LogP contribution in [0.25, 0.3) is 0 Å². The molecule has 0 radical (unpaired) electrons. The predicted molar refractivity (Wildman–Crippen MR) is 103 cm³/mol. The number of nitrogens with zero attached hydrogens (tertiary/aromatic N) is 1. The molecule has 2 atom stereocenters. The Bertz CT molecular complexity index is 909. The molecule has 0 aromatic heterocycles. The molecule has 1 fully saturated rings. The third kappa shape index (κ3) is 4.35. The zero-order chi connectivity index (χ0) is 20.8. The second-order valence-corrected chi connectivity index (χ2v) is 6.33. The van der Waals surface area contributed by atoms with Crippen molar-refractivity contribution in [1.29, 1.82) is 0 Å². The van der Waals surface area contributed by atoms with Gasteiger partial charge in [0.1, 0.15) is 5.70 Å². The van der Waals surface area contributed by atoms with Crippen LogP contribution in [0.2, 0.25) is 0 Å². The van der Waals surface area contributed by atoms with Gasteiger partial charge in [0.25, 0.3) is 5.91 Å². The van der Waals surface area contributed by atoms with Crippen molar-refractivity contribution in [3.05, 3.63) is 83.6 Å². The first-order valence-corrected chi connectivity index (χ1v) is 8.98. The van der Waals surface area contributed by atoms with E-state index in [0.717, 1.165) is 17.2 Å². The molecule has 1 saturated heterocycles. The molecular weight excluding hydrogens is 374 g/mol. The van der Waals surface area contributed by atoms with Gasteiger partial charge in [-0.3, -0.25) is 9.69 Å². The minimum Gasteiger partial charge on any atom is -0.466 e. The van der Waals surface area contributed by atoms with E-state index >= 15 is 0 Å². The Labute approximate surface area is 168 Å². The van der Waals surface area contributed by atoms with Gasteiger partial charge >= 0.3 is 11.9 Å². The lowest BCUT2D eigenvalue weighted by molar-refractivity contribution is -0.175. The Hall–Kier alpha value is -3.45. The van der Waals surface area contributed by atoms with Crippen LogP contribution in [0.1, 0.15) is 17.2 Å². The second kappa shape index (κ2) is 9.16. The topological polar surface area (TPSA) is 82.1 Å². The first-order valence-electron chi connectivity index (χ1n) is 8.98. The Morgan fingerprint density at radius 3 is 2.17 bits per heavy atom. The lowest BCUT2D eigenvalue weighted by atomic mass is 9.89. The first-order chi connectivity index (χ1) is 14.1. The summed E-state index contributed by atoms with van der Waals surface area (Å²) in [7, 11) is 2.37. The van der Waals surface area contributed by atoms with Gasteiger partial charge < -0.3 is 14.2 Å². The number of hydrogen-bond donors (Lipinski definition) is 0. The number of amides is 1. The summed E-state index contributed by atoms with van der Waals surface area (Å²) in [5, 5.41) is 0. The van der Waals surface area contributed by atoms with Gasteiger partial charge in [0.05, 0.1) is 32.9 Å². The maximum absolute atomic E-state index is 12.9. The molecule has 0 aliphatic carbocycles. The molecule has 7 heteroatoms. The third-order valence-corrected chi connectivity index (χ3v) is 4.57. The Kier molecular flexibility index (Phi) is 6.41. The van der Waals surface area contributed by atoms with Crippen molar-refractivity contribution < 1.29 is 28.6 Å². The van der Waals surface area contributed by atoms with E-state index in [1.54, 1.807) is 0 Å². The van der Waals surface area contributed by atoms with Crippen molar-refractivity contribution in [2.24, 2.45) is 0 Å². The molecule has 150 valence electrons. The highest BCUT2D eigenvalue weighted by atomic mass is 16.5. The molecule has 2 unspecified atom stereocenters. The SMILES string of the molecule is COC(=O)/C=C(\C(=O)OC)N1C(=O)C(OCc2ccccc2)C1c1ccccc1. The van der Waals surface area contributed by atoms with Crippen molar-refractivity contribution >= 4 is 17.8 Å². The van der Waals surface area contributed by atoms with Crippen LogP contribution in [-0.2, 0) is 35.2 Å². The summed E-state index contributed by atoms with van der Waals surface area (Å²) in [4.78, 5) is 38.1. The van der Waals surface area contributed by atoms with Gasteiger partial charge in [0.2, 0.25) is 0 Å². The Morgan fingerprint density at radius 1 is 0.966 bits per heavy atom. The average molecular weight is 395 g/mol. The highest BCUT2D eigenvalue weighted by molar-refractivity contribution is 6.03. The molecule has 1 heterocycles. The van der Waals surface area contributed by atoms with Gasteiger partial charge in [0, 0.05) is 0 Å². The van der Waals surface area contributed by atoms with Crippen LogP contribution in [0.4, 0.5) is 0 Å². The minimum atomic E-state index is -0.814. The van der Waals surface area contributed by atoms with Gasteiger partial charge in [-0.1, -0.05) is 60.7 Å². The van der Waals surface area contributed by atoms with Crippen LogP contribution in [0, 0.1) is 0 Å². The van der Waals surface area contributed by atoms with E-state index in [1.165, 1.54) is 19.1 Å². The molecule has 7 nitrogen and oxygen atoms in total. The number of carbonyl (C=O) groups is 3. The minimum absolute atomic E-state index is 0.197. The number of rotatable bonds is 7. The molecule has 3 rings (SSSR count). The van der Waals surface area contributed by atoms with E-state index < -0.39 is 30.0 Å². The quantitative estimate of drug-likeness (QED) is 0.407. The molecule has 1 amide bonds. The predicted octanol–water partition coefficient (Wildman–Crippen LogP) is 2.39. The van der Waals surface area contributed by atoms with Gasteiger partial charge in [-0.2, -0.15) is 0 Å². The molecule has 0 N–H and O–H groups in total. The molecule has 29 heavy (non-hydrogen) atoms. The molecule has 0 bridgehead atoms. The summed E-state index contributed by atoms with van der Waals surface area (Å²) in [5.41, 5.74) is 1.49. The number of benzene rings is 2. The molecular formula is C22H21NO6. The smallest absolute Gasteiger partial charge is 0.355 e. The fourth-order valence-corrected chi connectivity index (χ4v) is 3.13. The standard InChI is InChI=1S/C22H21NO6/c1-27-18(24)13-17(22(26)28-2)23-19(16-11-7-4-8-12-16)20(21(23)25)29-14-15-9-5-3-6-10-15/h3-13,19-20H,14H2,1-2H3/b17-13+. The van der Waals surface area contributed by atoms with Crippen LogP contribution in [0.3, 0.4) is 0 Å². The van der Waals surface area contributed by atoms with Crippen LogP contribution in [0.5, 0.6) is 0 Å². The first kappa shape index (κ1) is 20.3. The van der Waals surface area contributed by atoms with E-state index in [0.29, 0.717) is 0 Å². The maximum Gasteiger partial charge on any atom is 0.355 e. The summed E-state index contributed by atoms with van der Waals surface area (Å²) in [6.07, 6.45) is 0.149. The van der Waals surface area contributed by atoms with Crippen molar-refractivity contribution in [3.63, 3.8) is 0 Å². The average Bonchev–Trinajstić information content (AvgIpc) is 2.77. The van der Waals surface area contributed by atoms with E-state index in [1.807, 2.05) is 60.7 Å². The van der Waals surface area contributed by atoms with Crippen LogP contribution >= 0.6 is 0 Å². The zero-order valence-corrected chi connectivity index (χ0v) is 16.1. The molecule has 1 aliphatic heterocycles. The summed E-state index contributed by atoms with van der Waals surface area (Å²) >= 11 is 0. The highest BCUT2D eigenvalue weighted by Gasteiger charge is 2.52. The van der Waals surface area contributed by atoms with E-state index in [-0.39, 0.29) is 12.3 Å². The van der Waals surface area contributed by atoms with Crippen LogP contribution < -0.4 is 0 Å². The van der Waals surface area contributed by atoms with Crippen molar-refractivity contribution in [2.45, 2.75) is 18.8 Å². The fourth-order valence-electron chi connectivity index (χ4n) is 3.13.